The van der Waals surface area contributed by atoms with E-state index in [0.717, 1.165) is 23.8 Å². The van der Waals surface area contributed by atoms with Gasteiger partial charge in [0.1, 0.15) is 11.0 Å². The van der Waals surface area contributed by atoms with Gasteiger partial charge in [-0.25, -0.2) is 0 Å². The van der Waals surface area contributed by atoms with Gasteiger partial charge in [0.25, 0.3) is 0 Å². The van der Waals surface area contributed by atoms with Gasteiger partial charge in [0.05, 0.1) is 23.0 Å². The van der Waals surface area contributed by atoms with Gasteiger partial charge in [-0.1, -0.05) is 31.2 Å². The van der Waals surface area contributed by atoms with Gasteiger partial charge in [-0.3, -0.25) is 9.59 Å². The first kappa shape index (κ1) is 15.0. The largest absolute Gasteiger partial charge is 0.381 e. The summed E-state index contributed by atoms with van der Waals surface area (Å²) in [6.45, 7) is 4.14. The first-order valence-corrected chi connectivity index (χ1v) is 8.59. The number of hydrogen-bond donors (Lipinski definition) is 1. The summed E-state index contributed by atoms with van der Waals surface area (Å²) in [6.07, 6.45) is 0.936. The van der Waals surface area contributed by atoms with E-state index >= 15 is 0 Å². The lowest BCUT2D eigenvalue weighted by molar-refractivity contribution is 0.0980. The molecule has 0 fully saturated rings. The Bertz CT molecular complexity index is 993. The minimum absolute atomic E-state index is 0.137. The van der Waals surface area contributed by atoms with Crippen LogP contribution in [0.15, 0.2) is 30.3 Å². The highest BCUT2D eigenvalue weighted by molar-refractivity contribution is 7.00. The van der Waals surface area contributed by atoms with Crippen LogP contribution >= 0.6 is 11.7 Å². The standard InChI is InChI=1S/C18H15N3O2S/c1-3-9(2)19-13-8-12-14(16-15(13)20-24-21-16)18(23)11-7-5-4-6-10(11)17(12)22/h4-9,19H,3H2,1-2H3. The molecule has 6 heteroatoms. The number of anilines is 1. The molecule has 0 amide bonds. The number of nitrogens with zero attached hydrogens (tertiary/aromatic N) is 2. The lowest BCUT2D eigenvalue weighted by Gasteiger charge is -2.20. The second-order valence-electron chi connectivity index (χ2n) is 5.97. The van der Waals surface area contributed by atoms with Crippen molar-refractivity contribution in [3.05, 3.63) is 52.6 Å². The molecule has 0 saturated heterocycles. The molecule has 0 bridgehead atoms. The second-order valence-corrected chi connectivity index (χ2v) is 6.49. The topological polar surface area (TPSA) is 72.0 Å². The first-order valence-electron chi connectivity index (χ1n) is 7.86. The van der Waals surface area contributed by atoms with Gasteiger partial charge in [-0.05, 0) is 19.4 Å². The molecule has 1 unspecified atom stereocenters. The Balaban J connectivity index is 1.99. The Kier molecular flexibility index (Phi) is 3.42. The predicted molar refractivity (Wildman–Crippen MR) is 94.1 cm³/mol. The molecule has 1 aliphatic carbocycles. The van der Waals surface area contributed by atoms with Crippen LogP contribution < -0.4 is 5.32 Å². The van der Waals surface area contributed by atoms with Gasteiger partial charge in [0.2, 0.25) is 0 Å². The van der Waals surface area contributed by atoms with E-state index in [0.29, 0.717) is 33.3 Å². The molecule has 4 rings (SSSR count). The molecule has 120 valence electrons. The molecule has 1 aromatic heterocycles. The van der Waals surface area contributed by atoms with Crippen LogP contribution in [-0.4, -0.2) is 26.4 Å². The van der Waals surface area contributed by atoms with E-state index < -0.39 is 0 Å². The number of nitrogens with one attached hydrogen (secondary N) is 1. The Morgan fingerprint density at radius 3 is 2.42 bits per heavy atom. The number of hydrogen-bond acceptors (Lipinski definition) is 6. The van der Waals surface area contributed by atoms with Gasteiger partial charge in [-0.2, -0.15) is 8.75 Å². The smallest absolute Gasteiger partial charge is 0.196 e. The molecular formula is C18H15N3O2S. The SMILES string of the molecule is CCC(C)Nc1cc2c(c3nsnc13)C(=O)c1ccccc1C2=O. The molecule has 24 heavy (non-hydrogen) atoms. The molecule has 1 N–H and O–H groups in total. The fraction of sp³-hybridized carbons (Fsp3) is 0.222. The van der Waals surface area contributed by atoms with Crippen LogP contribution in [0.2, 0.25) is 0 Å². The van der Waals surface area contributed by atoms with Crippen LogP contribution in [0.1, 0.15) is 52.1 Å². The Morgan fingerprint density at radius 2 is 1.71 bits per heavy atom. The minimum atomic E-state index is -0.159. The van der Waals surface area contributed by atoms with Crippen molar-refractivity contribution >= 4 is 40.0 Å². The fourth-order valence-electron chi connectivity index (χ4n) is 2.99. The summed E-state index contributed by atoms with van der Waals surface area (Å²) in [7, 11) is 0. The number of carbonyl (C=O) groups is 2. The van der Waals surface area contributed by atoms with Crippen LogP contribution in [0.5, 0.6) is 0 Å². The van der Waals surface area contributed by atoms with Crippen LogP contribution in [0.25, 0.3) is 11.0 Å². The van der Waals surface area contributed by atoms with Gasteiger partial charge >= 0.3 is 0 Å². The minimum Gasteiger partial charge on any atom is -0.381 e. The summed E-state index contributed by atoms with van der Waals surface area (Å²) in [6, 6.07) is 8.91. The van der Waals surface area contributed by atoms with Crippen LogP contribution in [0.4, 0.5) is 5.69 Å². The molecule has 5 nitrogen and oxygen atoms in total. The zero-order valence-corrected chi connectivity index (χ0v) is 14.1. The lowest BCUT2D eigenvalue weighted by Crippen LogP contribution is -2.22. The predicted octanol–water partition coefficient (Wildman–Crippen LogP) is 3.68. The zero-order valence-electron chi connectivity index (χ0n) is 13.3. The van der Waals surface area contributed by atoms with Crippen molar-refractivity contribution in [2.45, 2.75) is 26.3 Å². The highest BCUT2D eigenvalue weighted by atomic mass is 32.1. The third kappa shape index (κ3) is 2.06. The molecular weight excluding hydrogens is 322 g/mol. The van der Waals surface area contributed by atoms with E-state index in [-0.39, 0.29) is 17.6 Å². The Hall–Kier alpha value is -2.60. The molecule has 0 spiro atoms. The van der Waals surface area contributed by atoms with Crippen molar-refractivity contribution in [1.29, 1.82) is 0 Å². The third-order valence-electron chi connectivity index (χ3n) is 4.44. The number of benzene rings is 2. The molecule has 1 atom stereocenters. The molecule has 2 aromatic carbocycles. The van der Waals surface area contributed by atoms with Crippen LogP contribution in [0.3, 0.4) is 0 Å². The normalized spacial score (nSPS) is 14.4. The van der Waals surface area contributed by atoms with Crippen molar-refractivity contribution < 1.29 is 9.59 Å². The van der Waals surface area contributed by atoms with E-state index in [2.05, 4.69) is 27.9 Å². The van der Waals surface area contributed by atoms with Gasteiger partial charge in [0.15, 0.2) is 11.6 Å². The van der Waals surface area contributed by atoms with Gasteiger partial charge < -0.3 is 5.32 Å². The number of carbonyl (C=O) groups excluding carboxylic acids is 2. The molecule has 3 aromatic rings. The summed E-state index contributed by atoms with van der Waals surface area (Å²) in [5.74, 6) is -0.296. The van der Waals surface area contributed by atoms with Crippen molar-refractivity contribution in [2.75, 3.05) is 5.32 Å². The molecule has 1 heterocycles. The average Bonchev–Trinajstić information content (AvgIpc) is 3.09. The third-order valence-corrected chi connectivity index (χ3v) is 4.97. The summed E-state index contributed by atoms with van der Waals surface area (Å²) in [4.78, 5) is 25.8. The maximum Gasteiger partial charge on any atom is 0.196 e. The van der Waals surface area contributed by atoms with E-state index in [9.17, 15) is 9.59 Å². The van der Waals surface area contributed by atoms with Gasteiger partial charge in [0, 0.05) is 22.7 Å². The number of aromatic nitrogens is 2. The summed E-state index contributed by atoms with van der Waals surface area (Å²) in [5.41, 5.74) is 3.59. The maximum atomic E-state index is 12.9. The van der Waals surface area contributed by atoms with Crippen LogP contribution in [0, 0.1) is 0 Å². The molecule has 0 saturated carbocycles. The van der Waals surface area contributed by atoms with Crippen LogP contribution in [-0.2, 0) is 0 Å². The van der Waals surface area contributed by atoms with Crippen molar-refractivity contribution in [3.63, 3.8) is 0 Å². The zero-order chi connectivity index (χ0) is 16.8. The molecule has 0 aliphatic heterocycles. The monoisotopic (exact) mass is 337 g/mol. The fourth-order valence-corrected chi connectivity index (χ4v) is 3.55. The number of fused-ring (bicyclic) bond motifs is 4. The van der Waals surface area contributed by atoms with Crippen molar-refractivity contribution in [3.8, 4) is 0 Å². The summed E-state index contributed by atoms with van der Waals surface area (Å²) in [5, 5.41) is 3.37. The average molecular weight is 337 g/mol. The Morgan fingerprint density at radius 1 is 1.04 bits per heavy atom. The second kappa shape index (κ2) is 5.49. The quantitative estimate of drug-likeness (QED) is 0.617. The van der Waals surface area contributed by atoms with E-state index in [1.54, 1.807) is 30.3 Å². The van der Waals surface area contributed by atoms with E-state index in [4.69, 9.17) is 0 Å². The highest BCUT2D eigenvalue weighted by Crippen LogP contribution is 2.35. The first-order chi connectivity index (χ1) is 11.6. The number of rotatable bonds is 3. The summed E-state index contributed by atoms with van der Waals surface area (Å²) >= 11 is 1.06. The summed E-state index contributed by atoms with van der Waals surface area (Å²) < 4.78 is 8.64. The van der Waals surface area contributed by atoms with Crippen molar-refractivity contribution in [2.24, 2.45) is 0 Å². The lowest BCUT2D eigenvalue weighted by atomic mass is 9.83. The van der Waals surface area contributed by atoms with Crippen molar-refractivity contribution in [1.82, 2.24) is 8.75 Å². The molecule has 1 aliphatic rings. The van der Waals surface area contributed by atoms with E-state index in [1.807, 2.05) is 0 Å². The number of ketones is 2. The van der Waals surface area contributed by atoms with Gasteiger partial charge in [-0.15, -0.1) is 0 Å². The Labute approximate surface area is 143 Å². The van der Waals surface area contributed by atoms with E-state index in [1.165, 1.54) is 0 Å². The maximum absolute atomic E-state index is 12.9. The molecule has 0 radical (unpaired) electrons. The highest BCUT2D eigenvalue weighted by Gasteiger charge is 2.33.